The van der Waals surface area contributed by atoms with Gasteiger partial charge in [0.1, 0.15) is 0 Å². The van der Waals surface area contributed by atoms with E-state index < -0.39 is 0 Å². The summed E-state index contributed by atoms with van der Waals surface area (Å²) in [6, 6.07) is 14.0. The number of amides is 1. The van der Waals surface area contributed by atoms with E-state index in [9.17, 15) is 4.79 Å². The van der Waals surface area contributed by atoms with Gasteiger partial charge in [0.05, 0.1) is 0 Å². The number of fused-ring (bicyclic) bond motifs is 1. The number of anilines is 2. The highest BCUT2D eigenvalue weighted by atomic mass is 16.7. The molecule has 2 aromatic carbocycles. The number of rotatable bonds is 9. The van der Waals surface area contributed by atoms with Crippen LogP contribution in [0.2, 0.25) is 0 Å². The first-order valence-electron chi connectivity index (χ1n) is 9.43. The molecular weight excluding hydrogens is 342 g/mol. The number of nitrogens with one attached hydrogen (secondary N) is 2. The number of benzene rings is 2. The number of nitrogens with zero attached hydrogens (tertiary/aromatic N) is 1. The minimum Gasteiger partial charge on any atom is -0.454 e. The van der Waals surface area contributed by atoms with Crippen molar-refractivity contribution < 1.29 is 14.3 Å². The van der Waals surface area contributed by atoms with E-state index in [0.29, 0.717) is 19.5 Å². The van der Waals surface area contributed by atoms with Gasteiger partial charge in [0.15, 0.2) is 11.5 Å². The minimum absolute atomic E-state index is 0.0138. The van der Waals surface area contributed by atoms with Crippen molar-refractivity contribution in [2.75, 3.05) is 36.6 Å². The summed E-state index contributed by atoms with van der Waals surface area (Å²) < 4.78 is 10.6. The Labute approximate surface area is 160 Å². The second-order valence-electron chi connectivity index (χ2n) is 6.36. The van der Waals surface area contributed by atoms with Crippen molar-refractivity contribution in [1.82, 2.24) is 5.32 Å². The standard InChI is InChI=1S/C21H27N3O3/c1-3-24(4-2)18-8-6-17(7-9-18)22-12-11-21(25)23-14-16-5-10-19-20(13-16)27-15-26-19/h5-10,13,22H,3-4,11-12,14-15H2,1-2H3,(H,23,25). The van der Waals surface area contributed by atoms with Crippen molar-refractivity contribution in [3.63, 3.8) is 0 Å². The van der Waals surface area contributed by atoms with Crippen molar-refractivity contribution >= 4 is 17.3 Å². The Hall–Kier alpha value is -2.89. The van der Waals surface area contributed by atoms with Crippen molar-refractivity contribution in [1.29, 1.82) is 0 Å². The summed E-state index contributed by atoms with van der Waals surface area (Å²) in [7, 11) is 0. The van der Waals surface area contributed by atoms with E-state index in [4.69, 9.17) is 9.47 Å². The van der Waals surface area contributed by atoms with Gasteiger partial charge >= 0.3 is 0 Å². The minimum atomic E-state index is 0.0138. The Morgan fingerprint density at radius 1 is 1.04 bits per heavy atom. The van der Waals surface area contributed by atoms with Crippen molar-refractivity contribution in [3.8, 4) is 11.5 Å². The van der Waals surface area contributed by atoms with E-state index >= 15 is 0 Å². The number of hydrogen-bond donors (Lipinski definition) is 2. The highest BCUT2D eigenvalue weighted by Gasteiger charge is 2.13. The molecule has 3 rings (SSSR count). The molecule has 0 saturated carbocycles. The molecule has 1 heterocycles. The molecule has 0 unspecified atom stereocenters. The number of carbonyl (C=O) groups is 1. The van der Waals surface area contributed by atoms with Gasteiger partial charge in [-0.05, 0) is 55.8 Å². The van der Waals surface area contributed by atoms with Crippen molar-refractivity contribution in [2.45, 2.75) is 26.8 Å². The third kappa shape index (κ3) is 5.06. The molecule has 0 radical (unpaired) electrons. The third-order valence-electron chi connectivity index (χ3n) is 4.60. The van der Waals surface area contributed by atoms with Gasteiger partial charge in [0.2, 0.25) is 12.7 Å². The molecule has 0 aromatic heterocycles. The van der Waals surface area contributed by atoms with Crippen LogP contribution in [0.25, 0.3) is 0 Å². The SMILES string of the molecule is CCN(CC)c1ccc(NCCC(=O)NCc2ccc3c(c2)OCO3)cc1. The fourth-order valence-corrected chi connectivity index (χ4v) is 3.04. The summed E-state index contributed by atoms with van der Waals surface area (Å²) >= 11 is 0. The molecular formula is C21H27N3O3. The Kier molecular flexibility index (Phi) is 6.41. The van der Waals surface area contributed by atoms with Crippen LogP contribution in [0.4, 0.5) is 11.4 Å². The summed E-state index contributed by atoms with van der Waals surface area (Å²) in [5.74, 6) is 1.50. The predicted molar refractivity (Wildman–Crippen MR) is 108 cm³/mol. The molecule has 0 atom stereocenters. The first-order valence-corrected chi connectivity index (χ1v) is 9.43. The van der Waals surface area contributed by atoms with E-state index in [0.717, 1.165) is 35.8 Å². The van der Waals surface area contributed by atoms with E-state index in [1.165, 1.54) is 5.69 Å². The molecule has 0 bridgehead atoms. The highest BCUT2D eigenvalue weighted by Crippen LogP contribution is 2.32. The van der Waals surface area contributed by atoms with Crippen LogP contribution >= 0.6 is 0 Å². The smallest absolute Gasteiger partial charge is 0.231 e. The molecule has 0 aliphatic carbocycles. The molecule has 6 heteroatoms. The van der Waals surface area contributed by atoms with Crippen LogP contribution in [-0.2, 0) is 11.3 Å². The lowest BCUT2D eigenvalue weighted by atomic mass is 10.2. The summed E-state index contributed by atoms with van der Waals surface area (Å²) in [5, 5.41) is 6.23. The van der Waals surface area contributed by atoms with Gasteiger partial charge in [-0.2, -0.15) is 0 Å². The maximum atomic E-state index is 12.0. The lowest BCUT2D eigenvalue weighted by molar-refractivity contribution is -0.121. The Morgan fingerprint density at radius 3 is 2.52 bits per heavy atom. The lowest BCUT2D eigenvalue weighted by Crippen LogP contribution is -2.24. The van der Waals surface area contributed by atoms with Gasteiger partial charge in [-0.1, -0.05) is 6.07 Å². The molecule has 1 amide bonds. The average molecular weight is 369 g/mol. The van der Waals surface area contributed by atoms with Gasteiger partial charge in [-0.15, -0.1) is 0 Å². The first-order chi connectivity index (χ1) is 13.2. The topological polar surface area (TPSA) is 62.8 Å². The highest BCUT2D eigenvalue weighted by molar-refractivity contribution is 5.76. The van der Waals surface area contributed by atoms with Crippen molar-refractivity contribution in [3.05, 3.63) is 48.0 Å². The zero-order valence-electron chi connectivity index (χ0n) is 16.0. The monoisotopic (exact) mass is 369 g/mol. The first kappa shape index (κ1) is 18.9. The van der Waals surface area contributed by atoms with Gasteiger partial charge in [-0.25, -0.2) is 0 Å². The molecule has 144 valence electrons. The fourth-order valence-electron chi connectivity index (χ4n) is 3.04. The predicted octanol–water partition coefficient (Wildman–Crippen LogP) is 3.38. The average Bonchev–Trinajstić information content (AvgIpc) is 3.16. The lowest BCUT2D eigenvalue weighted by Gasteiger charge is -2.21. The normalized spacial score (nSPS) is 11.9. The van der Waals surface area contributed by atoms with Gasteiger partial charge < -0.3 is 25.0 Å². The zero-order valence-corrected chi connectivity index (χ0v) is 16.0. The van der Waals surface area contributed by atoms with Crippen LogP contribution in [0.3, 0.4) is 0 Å². The number of carbonyl (C=O) groups excluding carboxylic acids is 1. The van der Waals surface area contributed by atoms with Crippen LogP contribution in [0.1, 0.15) is 25.8 Å². The molecule has 2 aromatic rings. The second kappa shape index (κ2) is 9.16. The Balaban J connectivity index is 1.39. The number of ether oxygens (including phenoxy) is 2. The Morgan fingerprint density at radius 2 is 1.78 bits per heavy atom. The zero-order chi connectivity index (χ0) is 19.1. The molecule has 0 fully saturated rings. The molecule has 1 aliphatic heterocycles. The summed E-state index contributed by atoms with van der Waals surface area (Å²) in [4.78, 5) is 14.3. The van der Waals surface area contributed by atoms with E-state index in [-0.39, 0.29) is 12.7 Å². The molecule has 1 aliphatic rings. The summed E-state index contributed by atoms with van der Waals surface area (Å²) in [6.07, 6.45) is 0.419. The van der Waals surface area contributed by atoms with E-state index in [1.54, 1.807) is 0 Å². The summed E-state index contributed by atoms with van der Waals surface area (Å²) in [5.41, 5.74) is 3.23. The van der Waals surface area contributed by atoms with Crippen LogP contribution in [0.15, 0.2) is 42.5 Å². The molecule has 2 N–H and O–H groups in total. The van der Waals surface area contributed by atoms with Gasteiger partial charge in [0, 0.05) is 44.0 Å². The molecule has 0 saturated heterocycles. The Bertz CT molecular complexity index is 758. The van der Waals surface area contributed by atoms with Crippen LogP contribution < -0.4 is 25.0 Å². The summed E-state index contributed by atoms with van der Waals surface area (Å²) in [6.45, 7) is 7.62. The molecule has 27 heavy (non-hydrogen) atoms. The van der Waals surface area contributed by atoms with Crippen LogP contribution in [0.5, 0.6) is 11.5 Å². The van der Waals surface area contributed by atoms with E-state index in [1.807, 2.05) is 18.2 Å². The molecule has 6 nitrogen and oxygen atoms in total. The van der Waals surface area contributed by atoms with E-state index in [2.05, 4.69) is 53.6 Å². The van der Waals surface area contributed by atoms with Crippen LogP contribution in [0, 0.1) is 0 Å². The quantitative estimate of drug-likeness (QED) is 0.709. The maximum Gasteiger partial charge on any atom is 0.231 e. The van der Waals surface area contributed by atoms with Gasteiger partial charge in [-0.3, -0.25) is 4.79 Å². The molecule has 0 spiro atoms. The third-order valence-corrected chi connectivity index (χ3v) is 4.60. The fraction of sp³-hybridized carbons (Fsp3) is 0.381. The maximum absolute atomic E-state index is 12.0. The second-order valence-corrected chi connectivity index (χ2v) is 6.36. The van der Waals surface area contributed by atoms with Crippen LogP contribution in [-0.4, -0.2) is 32.3 Å². The largest absolute Gasteiger partial charge is 0.454 e. The number of hydrogen-bond acceptors (Lipinski definition) is 5. The van der Waals surface area contributed by atoms with Crippen molar-refractivity contribution in [2.24, 2.45) is 0 Å². The van der Waals surface area contributed by atoms with Gasteiger partial charge in [0.25, 0.3) is 0 Å².